The van der Waals surface area contributed by atoms with Gasteiger partial charge >= 0.3 is 0 Å². The van der Waals surface area contributed by atoms with Crippen LogP contribution < -0.4 is 0 Å². The van der Waals surface area contributed by atoms with Crippen molar-refractivity contribution in [3.05, 3.63) is 35.9 Å². The third-order valence-electron chi connectivity index (χ3n) is 2.37. The zero-order valence-electron chi connectivity index (χ0n) is 10.4. The molecular formula is C14H21NO. The first-order chi connectivity index (χ1) is 7.74. The van der Waals surface area contributed by atoms with Crippen molar-refractivity contribution < 1.29 is 4.74 Å². The molecule has 0 N–H and O–H groups in total. The molecule has 88 valence electrons. The van der Waals surface area contributed by atoms with E-state index in [1.54, 1.807) is 7.11 Å². The van der Waals surface area contributed by atoms with Crippen molar-refractivity contribution in [3.8, 4) is 0 Å². The van der Waals surface area contributed by atoms with Crippen LogP contribution in [0, 0.1) is 5.92 Å². The van der Waals surface area contributed by atoms with E-state index in [0.29, 0.717) is 12.5 Å². The molecule has 0 unspecified atom stereocenters. The number of rotatable bonds is 6. The second-order valence-electron chi connectivity index (χ2n) is 4.34. The van der Waals surface area contributed by atoms with Crippen LogP contribution in [-0.4, -0.2) is 19.9 Å². The summed E-state index contributed by atoms with van der Waals surface area (Å²) in [5, 5.41) is 0. The average molecular weight is 219 g/mol. The molecule has 0 amide bonds. The van der Waals surface area contributed by atoms with Crippen molar-refractivity contribution in [1.29, 1.82) is 0 Å². The molecular weight excluding hydrogens is 198 g/mol. The highest BCUT2D eigenvalue weighted by Crippen LogP contribution is 2.17. The Morgan fingerprint density at radius 3 is 2.50 bits per heavy atom. The lowest BCUT2D eigenvalue weighted by atomic mass is 10.1. The van der Waals surface area contributed by atoms with Crippen LogP contribution in [0.15, 0.2) is 35.3 Å². The first-order valence-electron chi connectivity index (χ1n) is 5.79. The van der Waals surface area contributed by atoms with Gasteiger partial charge in [0.1, 0.15) is 0 Å². The van der Waals surface area contributed by atoms with Crippen LogP contribution in [0.25, 0.3) is 0 Å². The van der Waals surface area contributed by atoms with Gasteiger partial charge in [0, 0.05) is 7.11 Å². The zero-order valence-corrected chi connectivity index (χ0v) is 10.4. The molecule has 0 saturated carbocycles. The van der Waals surface area contributed by atoms with Gasteiger partial charge in [-0.05, 0) is 24.1 Å². The molecule has 0 aliphatic heterocycles. The molecule has 1 aromatic carbocycles. The van der Waals surface area contributed by atoms with Gasteiger partial charge in [-0.25, -0.2) is 0 Å². The fraction of sp³-hybridized carbons (Fsp3) is 0.500. The molecule has 0 heterocycles. The lowest BCUT2D eigenvalue weighted by Gasteiger charge is -2.11. The first kappa shape index (κ1) is 12.9. The topological polar surface area (TPSA) is 21.6 Å². The maximum Gasteiger partial charge on any atom is 0.0978 e. The first-order valence-corrected chi connectivity index (χ1v) is 5.79. The standard InChI is InChI=1S/C14H21NO/c1-12(2)9-10-15-14(11-16-3)13-7-5-4-6-8-13/h4-8,10,12,14H,9,11H2,1-3H3/t14-/m1/s1. The van der Waals surface area contributed by atoms with Gasteiger partial charge in [0.25, 0.3) is 0 Å². The van der Waals surface area contributed by atoms with E-state index in [1.165, 1.54) is 5.56 Å². The number of ether oxygens (including phenoxy) is 1. The van der Waals surface area contributed by atoms with Crippen molar-refractivity contribution in [2.45, 2.75) is 26.3 Å². The average Bonchev–Trinajstić information content (AvgIpc) is 2.29. The maximum atomic E-state index is 5.20. The summed E-state index contributed by atoms with van der Waals surface area (Å²) in [5.41, 5.74) is 1.21. The maximum absolute atomic E-state index is 5.20. The Kier molecular flexibility index (Phi) is 5.79. The van der Waals surface area contributed by atoms with Gasteiger partial charge in [-0.2, -0.15) is 0 Å². The Morgan fingerprint density at radius 1 is 1.25 bits per heavy atom. The van der Waals surface area contributed by atoms with Crippen molar-refractivity contribution in [2.24, 2.45) is 10.9 Å². The van der Waals surface area contributed by atoms with E-state index >= 15 is 0 Å². The van der Waals surface area contributed by atoms with E-state index in [9.17, 15) is 0 Å². The smallest absolute Gasteiger partial charge is 0.0978 e. The molecule has 1 aromatic rings. The van der Waals surface area contributed by atoms with Crippen molar-refractivity contribution in [1.82, 2.24) is 0 Å². The van der Waals surface area contributed by atoms with E-state index in [4.69, 9.17) is 4.74 Å². The third-order valence-corrected chi connectivity index (χ3v) is 2.37. The number of hydrogen-bond donors (Lipinski definition) is 0. The SMILES string of the molecule is COC[C@@H](N=CCC(C)C)c1ccccc1. The Hall–Kier alpha value is -1.15. The highest BCUT2D eigenvalue weighted by atomic mass is 16.5. The number of nitrogens with zero attached hydrogens (tertiary/aromatic N) is 1. The van der Waals surface area contributed by atoms with E-state index in [2.05, 4.69) is 31.0 Å². The summed E-state index contributed by atoms with van der Waals surface area (Å²) in [7, 11) is 1.72. The normalized spacial score (nSPS) is 13.5. The fourth-order valence-electron chi connectivity index (χ4n) is 1.46. The largest absolute Gasteiger partial charge is 0.382 e. The quantitative estimate of drug-likeness (QED) is 0.671. The molecule has 0 spiro atoms. The van der Waals surface area contributed by atoms with Crippen molar-refractivity contribution >= 4 is 6.21 Å². The molecule has 0 aliphatic carbocycles. The molecule has 0 radical (unpaired) electrons. The predicted molar refractivity (Wildman–Crippen MR) is 69.0 cm³/mol. The third kappa shape index (κ3) is 4.58. The summed E-state index contributed by atoms with van der Waals surface area (Å²) in [4.78, 5) is 4.57. The van der Waals surface area contributed by atoms with Crippen molar-refractivity contribution in [3.63, 3.8) is 0 Å². The van der Waals surface area contributed by atoms with Gasteiger partial charge in [-0.1, -0.05) is 44.2 Å². The molecule has 2 nitrogen and oxygen atoms in total. The Labute approximate surface area is 98.4 Å². The van der Waals surface area contributed by atoms with E-state index in [1.807, 2.05) is 24.4 Å². The molecule has 0 saturated heterocycles. The Balaban J connectivity index is 2.64. The van der Waals surface area contributed by atoms with Crippen LogP contribution in [-0.2, 0) is 4.74 Å². The lowest BCUT2D eigenvalue weighted by Crippen LogP contribution is -2.04. The van der Waals surface area contributed by atoms with E-state index < -0.39 is 0 Å². The Bertz CT molecular complexity index is 306. The predicted octanol–water partition coefficient (Wildman–Crippen LogP) is 3.49. The van der Waals surface area contributed by atoms with Crippen LogP contribution in [0.5, 0.6) is 0 Å². The van der Waals surface area contributed by atoms with Gasteiger partial charge in [0.05, 0.1) is 12.6 Å². The molecule has 0 aliphatic rings. The number of hydrogen-bond acceptors (Lipinski definition) is 2. The fourth-order valence-corrected chi connectivity index (χ4v) is 1.46. The summed E-state index contributed by atoms with van der Waals surface area (Å²) in [6, 6.07) is 10.4. The summed E-state index contributed by atoms with van der Waals surface area (Å²) in [6.45, 7) is 5.03. The van der Waals surface area contributed by atoms with Gasteiger partial charge in [-0.15, -0.1) is 0 Å². The molecule has 0 fully saturated rings. The van der Waals surface area contributed by atoms with Crippen LogP contribution >= 0.6 is 0 Å². The second kappa shape index (κ2) is 7.18. The van der Waals surface area contributed by atoms with Crippen LogP contribution in [0.3, 0.4) is 0 Å². The highest BCUT2D eigenvalue weighted by molar-refractivity contribution is 5.58. The molecule has 1 atom stereocenters. The monoisotopic (exact) mass is 219 g/mol. The second-order valence-corrected chi connectivity index (χ2v) is 4.34. The van der Waals surface area contributed by atoms with E-state index in [-0.39, 0.29) is 6.04 Å². The number of methoxy groups -OCH3 is 1. The molecule has 0 aromatic heterocycles. The molecule has 2 heteroatoms. The van der Waals surface area contributed by atoms with Crippen LogP contribution in [0.4, 0.5) is 0 Å². The summed E-state index contributed by atoms with van der Waals surface area (Å²) >= 11 is 0. The minimum absolute atomic E-state index is 0.130. The highest BCUT2D eigenvalue weighted by Gasteiger charge is 2.07. The Morgan fingerprint density at radius 2 is 1.94 bits per heavy atom. The molecule has 16 heavy (non-hydrogen) atoms. The summed E-state index contributed by atoms with van der Waals surface area (Å²) in [6.07, 6.45) is 3.04. The molecule has 0 bridgehead atoms. The number of aliphatic imine (C=N–C) groups is 1. The summed E-state index contributed by atoms with van der Waals surface area (Å²) in [5.74, 6) is 0.655. The van der Waals surface area contributed by atoms with Crippen LogP contribution in [0.1, 0.15) is 31.9 Å². The summed E-state index contributed by atoms with van der Waals surface area (Å²) < 4.78 is 5.20. The minimum atomic E-state index is 0.130. The van der Waals surface area contributed by atoms with E-state index in [0.717, 1.165) is 6.42 Å². The number of benzene rings is 1. The minimum Gasteiger partial charge on any atom is -0.382 e. The lowest BCUT2D eigenvalue weighted by molar-refractivity contribution is 0.181. The van der Waals surface area contributed by atoms with Gasteiger partial charge < -0.3 is 4.74 Å². The van der Waals surface area contributed by atoms with Crippen LogP contribution in [0.2, 0.25) is 0 Å². The van der Waals surface area contributed by atoms with Gasteiger partial charge in [0.2, 0.25) is 0 Å². The van der Waals surface area contributed by atoms with Crippen molar-refractivity contribution in [2.75, 3.05) is 13.7 Å². The van der Waals surface area contributed by atoms with Gasteiger partial charge in [-0.3, -0.25) is 4.99 Å². The van der Waals surface area contributed by atoms with Gasteiger partial charge in [0.15, 0.2) is 0 Å². The zero-order chi connectivity index (χ0) is 11.8. The molecule has 1 rings (SSSR count).